The zero-order valence-corrected chi connectivity index (χ0v) is 9.55. The summed E-state index contributed by atoms with van der Waals surface area (Å²) >= 11 is 0. The van der Waals surface area contributed by atoms with Gasteiger partial charge < -0.3 is 10.4 Å². The Bertz CT molecular complexity index is 441. The van der Waals surface area contributed by atoms with Gasteiger partial charge >= 0.3 is 0 Å². The van der Waals surface area contributed by atoms with E-state index in [-0.39, 0.29) is 12.5 Å². The molecule has 1 aromatic carbocycles. The Hall–Kier alpha value is -2.12. The van der Waals surface area contributed by atoms with Crippen molar-refractivity contribution in [2.45, 2.75) is 13.0 Å². The molecule has 1 rings (SSSR count). The maximum Gasteiger partial charge on any atom is 0.244 e. The highest BCUT2D eigenvalue weighted by atomic mass is 16.3. The SMILES string of the molecule is C[C@@H](O)CNC(=O)/C=C/c1ccc(C#N)cc1. The predicted octanol–water partition coefficient (Wildman–Crippen LogP) is 1.07. The maximum atomic E-state index is 11.3. The molecule has 0 heterocycles. The van der Waals surface area contributed by atoms with Crippen LogP contribution in [0.15, 0.2) is 30.3 Å². The van der Waals surface area contributed by atoms with E-state index in [4.69, 9.17) is 10.4 Å². The molecule has 1 aromatic rings. The third-order valence-corrected chi connectivity index (χ3v) is 2.04. The Balaban J connectivity index is 2.52. The van der Waals surface area contributed by atoms with Crippen LogP contribution < -0.4 is 5.32 Å². The number of carbonyl (C=O) groups is 1. The number of hydrogen-bond donors (Lipinski definition) is 2. The van der Waals surface area contributed by atoms with Crippen molar-refractivity contribution >= 4 is 12.0 Å². The fourth-order valence-corrected chi connectivity index (χ4v) is 1.15. The first-order valence-corrected chi connectivity index (χ1v) is 5.26. The van der Waals surface area contributed by atoms with Crippen LogP contribution in [0.4, 0.5) is 0 Å². The summed E-state index contributed by atoms with van der Waals surface area (Å²) in [7, 11) is 0. The number of carbonyl (C=O) groups excluding carboxylic acids is 1. The van der Waals surface area contributed by atoms with Gasteiger partial charge in [0.2, 0.25) is 5.91 Å². The molecule has 17 heavy (non-hydrogen) atoms. The van der Waals surface area contributed by atoms with E-state index in [2.05, 4.69) is 5.32 Å². The van der Waals surface area contributed by atoms with E-state index in [1.54, 1.807) is 37.3 Å². The minimum Gasteiger partial charge on any atom is -0.392 e. The van der Waals surface area contributed by atoms with Crippen LogP contribution in [0.1, 0.15) is 18.1 Å². The average molecular weight is 230 g/mol. The van der Waals surface area contributed by atoms with Gasteiger partial charge in [-0.15, -0.1) is 0 Å². The monoisotopic (exact) mass is 230 g/mol. The molecule has 0 aromatic heterocycles. The summed E-state index contributed by atoms with van der Waals surface area (Å²) < 4.78 is 0. The molecule has 1 atom stereocenters. The molecule has 0 bridgehead atoms. The second kappa shape index (κ2) is 6.46. The van der Waals surface area contributed by atoms with Gasteiger partial charge in [0.15, 0.2) is 0 Å². The smallest absolute Gasteiger partial charge is 0.244 e. The van der Waals surface area contributed by atoms with Crippen molar-refractivity contribution in [2.24, 2.45) is 0 Å². The minimum atomic E-state index is -0.553. The molecule has 2 N–H and O–H groups in total. The van der Waals surface area contributed by atoms with Crippen LogP contribution in [0, 0.1) is 11.3 Å². The molecular weight excluding hydrogens is 216 g/mol. The van der Waals surface area contributed by atoms with E-state index in [1.807, 2.05) is 6.07 Å². The van der Waals surface area contributed by atoms with Crippen LogP contribution in [0.5, 0.6) is 0 Å². The van der Waals surface area contributed by atoms with Gasteiger partial charge in [0.1, 0.15) is 0 Å². The quantitative estimate of drug-likeness (QED) is 0.760. The van der Waals surface area contributed by atoms with Gasteiger partial charge in [-0.1, -0.05) is 12.1 Å². The molecule has 0 aliphatic rings. The number of hydrogen-bond acceptors (Lipinski definition) is 3. The van der Waals surface area contributed by atoms with E-state index in [1.165, 1.54) is 6.08 Å². The third-order valence-electron chi connectivity index (χ3n) is 2.04. The molecule has 4 heteroatoms. The van der Waals surface area contributed by atoms with Gasteiger partial charge in [0.05, 0.1) is 17.7 Å². The minimum absolute atomic E-state index is 0.233. The Labute approximate surface area is 100 Å². The Kier molecular flexibility index (Phi) is 4.92. The van der Waals surface area contributed by atoms with Crippen LogP contribution in [0.25, 0.3) is 6.08 Å². The lowest BCUT2D eigenvalue weighted by Gasteiger charge is -2.03. The summed E-state index contributed by atoms with van der Waals surface area (Å²) in [5.41, 5.74) is 1.43. The Morgan fingerprint density at radius 1 is 1.53 bits per heavy atom. The van der Waals surface area contributed by atoms with E-state index >= 15 is 0 Å². The highest BCUT2D eigenvalue weighted by Crippen LogP contribution is 2.04. The summed E-state index contributed by atoms with van der Waals surface area (Å²) in [6.07, 6.45) is 2.49. The molecule has 0 fully saturated rings. The van der Waals surface area contributed by atoms with Crippen molar-refractivity contribution < 1.29 is 9.90 Å². The number of amides is 1. The zero-order chi connectivity index (χ0) is 12.7. The van der Waals surface area contributed by atoms with E-state index in [0.29, 0.717) is 5.56 Å². The second-order valence-electron chi connectivity index (χ2n) is 3.66. The summed E-state index contributed by atoms with van der Waals surface area (Å²) in [5, 5.41) is 20.1. The number of aliphatic hydroxyl groups is 1. The Morgan fingerprint density at radius 3 is 2.71 bits per heavy atom. The first-order valence-electron chi connectivity index (χ1n) is 5.26. The molecule has 0 radical (unpaired) electrons. The van der Waals surface area contributed by atoms with Crippen molar-refractivity contribution in [3.63, 3.8) is 0 Å². The number of benzene rings is 1. The van der Waals surface area contributed by atoms with Crippen molar-refractivity contribution in [3.8, 4) is 6.07 Å². The van der Waals surface area contributed by atoms with Crippen LogP contribution in [-0.4, -0.2) is 23.7 Å². The normalized spacial score (nSPS) is 12.1. The molecule has 0 spiro atoms. The highest BCUT2D eigenvalue weighted by molar-refractivity contribution is 5.91. The van der Waals surface area contributed by atoms with E-state index < -0.39 is 6.10 Å². The summed E-state index contributed by atoms with van der Waals surface area (Å²) in [5.74, 6) is -0.254. The number of aliphatic hydroxyl groups excluding tert-OH is 1. The largest absolute Gasteiger partial charge is 0.392 e. The molecule has 0 unspecified atom stereocenters. The van der Waals surface area contributed by atoms with Gasteiger partial charge in [-0.25, -0.2) is 0 Å². The number of nitrogens with one attached hydrogen (secondary N) is 1. The number of nitriles is 1. The zero-order valence-electron chi connectivity index (χ0n) is 9.55. The fourth-order valence-electron chi connectivity index (χ4n) is 1.15. The maximum absolute atomic E-state index is 11.3. The third kappa shape index (κ3) is 4.96. The lowest BCUT2D eigenvalue weighted by atomic mass is 10.1. The first-order chi connectivity index (χ1) is 8.11. The van der Waals surface area contributed by atoms with Gasteiger partial charge in [-0.05, 0) is 30.7 Å². The molecule has 0 aliphatic heterocycles. The fraction of sp³-hybridized carbons (Fsp3) is 0.231. The highest BCUT2D eigenvalue weighted by Gasteiger charge is 1.98. The van der Waals surface area contributed by atoms with E-state index in [9.17, 15) is 4.79 Å². The van der Waals surface area contributed by atoms with Gasteiger partial charge in [0.25, 0.3) is 0 Å². The van der Waals surface area contributed by atoms with Crippen LogP contribution in [0.3, 0.4) is 0 Å². The molecule has 0 saturated carbocycles. The molecule has 0 saturated heterocycles. The second-order valence-corrected chi connectivity index (χ2v) is 3.66. The number of nitrogens with zero attached hydrogens (tertiary/aromatic N) is 1. The summed E-state index contributed by atoms with van der Waals surface area (Å²) in [6, 6.07) is 8.92. The lowest BCUT2D eigenvalue weighted by molar-refractivity contribution is -0.116. The predicted molar refractivity (Wildman–Crippen MR) is 64.9 cm³/mol. The van der Waals surface area contributed by atoms with Crippen LogP contribution in [0.2, 0.25) is 0 Å². The lowest BCUT2D eigenvalue weighted by Crippen LogP contribution is -2.28. The van der Waals surface area contributed by atoms with Gasteiger partial charge in [0, 0.05) is 12.6 Å². The van der Waals surface area contributed by atoms with Crippen molar-refractivity contribution in [3.05, 3.63) is 41.5 Å². The number of rotatable bonds is 4. The summed E-state index contributed by atoms with van der Waals surface area (Å²) in [4.78, 5) is 11.3. The van der Waals surface area contributed by atoms with Gasteiger partial charge in [-0.3, -0.25) is 4.79 Å². The topological polar surface area (TPSA) is 73.1 Å². The average Bonchev–Trinajstić information content (AvgIpc) is 2.34. The van der Waals surface area contributed by atoms with Crippen molar-refractivity contribution in [1.29, 1.82) is 5.26 Å². The summed E-state index contributed by atoms with van der Waals surface area (Å²) in [6.45, 7) is 1.83. The van der Waals surface area contributed by atoms with Crippen molar-refractivity contribution in [2.75, 3.05) is 6.54 Å². The molecular formula is C13H14N2O2. The molecule has 88 valence electrons. The first kappa shape index (κ1) is 12.9. The Morgan fingerprint density at radius 2 is 2.18 bits per heavy atom. The van der Waals surface area contributed by atoms with Gasteiger partial charge in [-0.2, -0.15) is 5.26 Å². The van der Waals surface area contributed by atoms with Crippen molar-refractivity contribution in [1.82, 2.24) is 5.32 Å². The molecule has 1 amide bonds. The van der Waals surface area contributed by atoms with Crippen LogP contribution >= 0.6 is 0 Å². The molecule has 0 aliphatic carbocycles. The van der Waals surface area contributed by atoms with E-state index in [0.717, 1.165) is 5.56 Å². The molecule has 4 nitrogen and oxygen atoms in total. The standard InChI is InChI=1S/C13H14N2O2/c1-10(16)9-15-13(17)7-6-11-2-4-12(8-14)5-3-11/h2-7,10,16H,9H2,1H3,(H,15,17)/b7-6+/t10-/m1/s1. The van der Waals surface area contributed by atoms with Crippen LogP contribution in [-0.2, 0) is 4.79 Å².